The number of benzene rings is 1. The van der Waals surface area contributed by atoms with E-state index in [1.54, 1.807) is 0 Å². The van der Waals surface area contributed by atoms with Gasteiger partial charge in [-0.3, -0.25) is 19.8 Å². The Labute approximate surface area is 194 Å². The van der Waals surface area contributed by atoms with Gasteiger partial charge in [-0.15, -0.1) is 0 Å². The van der Waals surface area contributed by atoms with Crippen molar-refractivity contribution in [2.24, 2.45) is 5.41 Å². The van der Waals surface area contributed by atoms with Crippen molar-refractivity contribution in [3.8, 4) is 0 Å². The average Bonchev–Trinajstić information content (AvgIpc) is 2.81. The number of rotatable bonds is 5. The van der Waals surface area contributed by atoms with Crippen molar-refractivity contribution in [3.05, 3.63) is 35.4 Å². The minimum Gasteiger partial charge on any atom is -0.352 e. The Bertz CT molecular complexity index is 1130. The van der Waals surface area contributed by atoms with Gasteiger partial charge in [-0.25, -0.2) is 9.78 Å². The average molecular weight is 449 g/mol. The molecule has 4 amide bonds. The summed E-state index contributed by atoms with van der Waals surface area (Å²) in [6.07, 6.45) is 6.83. The van der Waals surface area contributed by atoms with Gasteiger partial charge in [-0.05, 0) is 56.4 Å². The molecule has 0 radical (unpaired) electrons. The van der Waals surface area contributed by atoms with Crippen LogP contribution in [-0.4, -0.2) is 46.9 Å². The first-order chi connectivity index (χ1) is 16.0. The molecule has 5 rings (SSSR count). The molecule has 2 saturated heterocycles. The minimum atomic E-state index is -1.29. The molecule has 1 spiro atoms. The topological polar surface area (TPSA) is 82.6 Å². The van der Waals surface area contributed by atoms with E-state index in [1.807, 2.05) is 13.0 Å². The number of pyridine rings is 1. The van der Waals surface area contributed by atoms with Crippen molar-refractivity contribution in [1.29, 1.82) is 0 Å². The summed E-state index contributed by atoms with van der Waals surface area (Å²) in [4.78, 5) is 48.6. The molecule has 2 aromatic rings. The number of barbiturate groups is 1. The Morgan fingerprint density at radius 1 is 1.12 bits per heavy atom. The molecule has 0 bridgehead atoms. The molecule has 3 aliphatic heterocycles. The first-order valence-electron chi connectivity index (χ1n) is 12.3. The molecule has 2 atom stereocenters. The van der Waals surface area contributed by atoms with Crippen LogP contribution in [0.2, 0.25) is 0 Å². The van der Waals surface area contributed by atoms with Crippen LogP contribution < -0.4 is 10.2 Å². The highest BCUT2D eigenvalue weighted by atomic mass is 16.2. The van der Waals surface area contributed by atoms with E-state index in [-0.39, 0.29) is 18.4 Å². The van der Waals surface area contributed by atoms with Gasteiger partial charge in [0.2, 0.25) is 11.8 Å². The fourth-order valence-electron chi connectivity index (χ4n) is 5.88. The first kappa shape index (κ1) is 21.9. The number of carbonyl (C=O) groups is 3. The Balaban J connectivity index is 1.58. The standard InChI is InChI=1S/C26H32N4O3/c1-3-4-5-7-13-30-24(32)26(23(31)28-25(30)33)16-19-15-18-14-17(2)10-11-20(18)27-22(19)29-12-8-6-9-21(26)29/h10-11,14-15,21H,3-9,12-13,16H2,1-2H3,(H,28,31,33)/t21-,26-/m1/s1. The molecule has 1 N–H and O–H groups in total. The van der Waals surface area contributed by atoms with Crippen molar-refractivity contribution in [2.45, 2.75) is 71.3 Å². The second-order valence-corrected chi connectivity index (χ2v) is 9.80. The molecule has 4 heterocycles. The lowest BCUT2D eigenvalue weighted by Crippen LogP contribution is -2.72. The van der Waals surface area contributed by atoms with Crippen LogP contribution in [0.1, 0.15) is 63.0 Å². The van der Waals surface area contributed by atoms with Crippen molar-refractivity contribution in [1.82, 2.24) is 15.2 Å². The lowest BCUT2D eigenvalue weighted by Gasteiger charge is -2.53. The highest BCUT2D eigenvalue weighted by Crippen LogP contribution is 2.47. The van der Waals surface area contributed by atoms with E-state index in [0.29, 0.717) is 6.54 Å². The number of urea groups is 1. The molecule has 7 heteroatoms. The smallest absolute Gasteiger partial charge is 0.330 e. The molecule has 7 nitrogen and oxygen atoms in total. The van der Waals surface area contributed by atoms with E-state index >= 15 is 0 Å². The van der Waals surface area contributed by atoms with Gasteiger partial charge in [0.05, 0.1) is 11.6 Å². The molecular formula is C26H32N4O3. The van der Waals surface area contributed by atoms with E-state index in [1.165, 1.54) is 4.90 Å². The van der Waals surface area contributed by atoms with Gasteiger partial charge < -0.3 is 4.90 Å². The first-order valence-corrected chi connectivity index (χ1v) is 12.3. The summed E-state index contributed by atoms with van der Waals surface area (Å²) < 4.78 is 0. The van der Waals surface area contributed by atoms with Crippen LogP contribution in [0.4, 0.5) is 10.6 Å². The maximum absolute atomic E-state index is 14.0. The van der Waals surface area contributed by atoms with Gasteiger partial charge >= 0.3 is 6.03 Å². The zero-order chi connectivity index (χ0) is 23.2. The molecule has 0 saturated carbocycles. The summed E-state index contributed by atoms with van der Waals surface area (Å²) in [6, 6.07) is 7.40. The molecule has 3 aliphatic rings. The van der Waals surface area contributed by atoms with Gasteiger partial charge in [0.25, 0.3) is 0 Å². The normalized spacial score (nSPS) is 24.8. The van der Waals surface area contributed by atoms with E-state index < -0.39 is 17.4 Å². The van der Waals surface area contributed by atoms with Crippen LogP contribution in [0.3, 0.4) is 0 Å². The number of piperidine rings is 1. The molecule has 33 heavy (non-hydrogen) atoms. The maximum Gasteiger partial charge on any atom is 0.330 e. The summed E-state index contributed by atoms with van der Waals surface area (Å²) in [5.74, 6) is 0.0995. The van der Waals surface area contributed by atoms with Gasteiger partial charge in [-0.1, -0.05) is 37.8 Å². The highest BCUT2D eigenvalue weighted by Gasteiger charge is 2.62. The summed E-state index contributed by atoms with van der Waals surface area (Å²) in [6.45, 7) is 5.28. The molecule has 1 aromatic heterocycles. The van der Waals surface area contributed by atoms with E-state index in [4.69, 9.17) is 4.98 Å². The number of carbonyl (C=O) groups excluding carboxylic acids is 3. The largest absolute Gasteiger partial charge is 0.352 e. The molecule has 174 valence electrons. The van der Waals surface area contributed by atoms with Gasteiger partial charge in [0, 0.05) is 24.9 Å². The van der Waals surface area contributed by atoms with E-state index in [2.05, 4.69) is 35.3 Å². The van der Waals surface area contributed by atoms with E-state index in [0.717, 1.165) is 79.3 Å². The second kappa shape index (κ2) is 8.43. The fourth-order valence-corrected chi connectivity index (χ4v) is 5.88. The van der Waals surface area contributed by atoms with Crippen molar-refractivity contribution < 1.29 is 14.4 Å². The summed E-state index contributed by atoms with van der Waals surface area (Å²) >= 11 is 0. The number of unbranched alkanes of at least 4 members (excludes halogenated alkanes) is 3. The summed E-state index contributed by atoms with van der Waals surface area (Å²) in [5.41, 5.74) is 1.69. The number of fused-ring (bicyclic) bond motifs is 5. The molecule has 0 unspecified atom stereocenters. The predicted octanol–water partition coefficient (Wildman–Crippen LogP) is 4.10. The van der Waals surface area contributed by atoms with Crippen molar-refractivity contribution in [2.75, 3.05) is 18.0 Å². The number of anilines is 1. The number of imide groups is 2. The van der Waals surface area contributed by atoms with Gasteiger partial charge in [0.1, 0.15) is 5.82 Å². The number of aromatic nitrogens is 1. The Morgan fingerprint density at radius 3 is 2.79 bits per heavy atom. The minimum absolute atomic E-state index is 0.282. The van der Waals surface area contributed by atoms with E-state index in [9.17, 15) is 14.4 Å². The Hall–Kier alpha value is -2.96. The molecular weight excluding hydrogens is 416 g/mol. The van der Waals surface area contributed by atoms with Crippen LogP contribution >= 0.6 is 0 Å². The third-order valence-corrected chi connectivity index (χ3v) is 7.57. The van der Waals surface area contributed by atoms with Crippen molar-refractivity contribution in [3.63, 3.8) is 0 Å². The lowest BCUT2D eigenvalue weighted by atomic mass is 9.66. The molecule has 1 aromatic carbocycles. The Kier molecular flexibility index (Phi) is 5.59. The second-order valence-electron chi connectivity index (χ2n) is 9.80. The lowest BCUT2D eigenvalue weighted by molar-refractivity contribution is -0.154. The summed E-state index contributed by atoms with van der Waals surface area (Å²) in [5, 5.41) is 3.56. The number of nitrogens with zero attached hydrogens (tertiary/aromatic N) is 3. The third kappa shape index (κ3) is 3.49. The zero-order valence-corrected chi connectivity index (χ0v) is 19.5. The maximum atomic E-state index is 14.0. The van der Waals surface area contributed by atoms with Gasteiger partial charge in [0.15, 0.2) is 5.41 Å². The number of amides is 4. The SMILES string of the molecule is CCCCCCN1C(=O)NC(=O)[C@]2(Cc3cc4cc(C)ccc4nc3N3CCCC[C@@H]32)C1=O. The summed E-state index contributed by atoms with van der Waals surface area (Å²) in [7, 11) is 0. The van der Waals surface area contributed by atoms with Crippen molar-refractivity contribution >= 4 is 34.6 Å². The molecule has 2 fully saturated rings. The number of nitrogens with one attached hydrogen (secondary N) is 1. The number of hydrogen-bond acceptors (Lipinski definition) is 5. The zero-order valence-electron chi connectivity index (χ0n) is 19.5. The van der Waals surface area contributed by atoms with Crippen LogP contribution in [0, 0.1) is 12.3 Å². The number of hydrogen-bond donors (Lipinski definition) is 1. The van der Waals surface area contributed by atoms with Crippen LogP contribution in [0.15, 0.2) is 24.3 Å². The quantitative estimate of drug-likeness (QED) is 0.550. The predicted molar refractivity (Wildman–Crippen MR) is 127 cm³/mol. The fraction of sp³-hybridized carbons (Fsp3) is 0.538. The van der Waals surface area contributed by atoms with Crippen LogP contribution in [0.5, 0.6) is 0 Å². The molecule has 0 aliphatic carbocycles. The Morgan fingerprint density at radius 2 is 1.97 bits per heavy atom. The van der Waals surface area contributed by atoms with Gasteiger partial charge in [-0.2, -0.15) is 0 Å². The monoisotopic (exact) mass is 448 g/mol. The number of aryl methyl sites for hydroxylation is 1. The van der Waals surface area contributed by atoms with Crippen LogP contribution in [0.25, 0.3) is 10.9 Å². The highest BCUT2D eigenvalue weighted by molar-refractivity contribution is 6.20. The third-order valence-electron chi connectivity index (χ3n) is 7.57. The van der Waals surface area contributed by atoms with Crippen LogP contribution in [-0.2, 0) is 16.0 Å².